The summed E-state index contributed by atoms with van der Waals surface area (Å²) in [6, 6.07) is 9.00. The maximum absolute atomic E-state index is 12.3. The number of nitrogens with one attached hydrogen (secondary N) is 1. The van der Waals surface area contributed by atoms with Crippen LogP contribution in [0.2, 0.25) is 0 Å². The lowest BCUT2D eigenvalue weighted by atomic mass is 10.1. The van der Waals surface area contributed by atoms with Crippen molar-refractivity contribution in [3.63, 3.8) is 0 Å². The van der Waals surface area contributed by atoms with Crippen LogP contribution < -0.4 is 4.72 Å². The van der Waals surface area contributed by atoms with Crippen molar-refractivity contribution in [3.8, 4) is 0 Å². The molecule has 0 aliphatic rings. The smallest absolute Gasteiger partial charge is 0.268 e. The number of nitrogens with zero attached hydrogens (tertiary/aromatic N) is 2. The van der Waals surface area contributed by atoms with E-state index in [1.807, 2.05) is 26.8 Å². The first-order valence-electron chi connectivity index (χ1n) is 7.70. The van der Waals surface area contributed by atoms with Crippen LogP contribution in [0.5, 0.6) is 0 Å². The van der Waals surface area contributed by atoms with Crippen LogP contribution in [0.1, 0.15) is 48.3 Å². The molecule has 2 aromatic rings. The van der Waals surface area contributed by atoms with E-state index in [0.29, 0.717) is 12.2 Å². The van der Waals surface area contributed by atoms with Crippen molar-refractivity contribution < 1.29 is 13.2 Å². The van der Waals surface area contributed by atoms with Crippen LogP contribution in [0.15, 0.2) is 41.9 Å². The highest BCUT2D eigenvalue weighted by Crippen LogP contribution is 2.18. The van der Waals surface area contributed by atoms with Gasteiger partial charge in [-0.3, -0.25) is 9.48 Å². The number of carbonyl (C=O) groups is 1. The van der Waals surface area contributed by atoms with Gasteiger partial charge in [-0.05, 0) is 24.5 Å². The molecule has 128 valence electrons. The molecule has 0 saturated heterocycles. The topological polar surface area (TPSA) is 81.1 Å². The third-order valence-electron chi connectivity index (χ3n) is 3.38. The van der Waals surface area contributed by atoms with Crippen molar-refractivity contribution in [3.05, 3.63) is 58.8 Å². The molecule has 0 atom stereocenters. The number of aryl methyl sites for hydroxylation is 1. The highest BCUT2D eigenvalue weighted by molar-refractivity contribution is 7.93. The summed E-state index contributed by atoms with van der Waals surface area (Å²) in [7, 11) is -3.88. The van der Waals surface area contributed by atoms with E-state index in [1.165, 1.54) is 6.08 Å². The lowest BCUT2D eigenvalue weighted by molar-refractivity contribution is 0.0980. The fourth-order valence-electron chi connectivity index (χ4n) is 2.15. The molecule has 7 heteroatoms. The molecule has 24 heavy (non-hydrogen) atoms. The Morgan fingerprint density at radius 1 is 1.29 bits per heavy atom. The standard InChI is InChI=1S/C17H21N3O3S/c1-4-20-12-15(16(18-20)13(2)3)17(21)19-24(22,23)11-10-14-8-6-5-7-9-14/h5-13H,4H2,1-3H3,(H,19,21). The molecule has 2 rings (SSSR count). The number of sulfonamides is 1. The van der Waals surface area contributed by atoms with E-state index < -0.39 is 15.9 Å². The van der Waals surface area contributed by atoms with Gasteiger partial charge in [-0.1, -0.05) is 44.2 Å². The minimum Gasteiger partial charge on any atom is -0.272 e. The Morgan fingerprint density at radius 3 is 2.54 bits per heavy atom. The molecular weight excluding hydrogens is 326 g/mol. The third kappa shape index (κ3) is 4.55. The van der Waals surface area contributed by atoms with E-state index in [-0.39, 0.29) is 11.5 Å². The maximum Gasteiger partial charge on any atom is 0.268 e. The van der Waals surface area contributed by atoms with Crippen molar-refractivity contribution in [1.29, 1.82) is 0 Å². The van der Waals surface area contributed by atoms with Gasteiger partial charge in [-0.15, -0.1) is 0 Å². The Balaban J connectivity index is 2.19. The summed E-state index contributed by atoms with van der Waals surface area (Å²) in [6.45, 7) is 6.32. The summed E-state index contributed by atoms with van der Waals surface area (Å²) < 4.78 is 27.9. The molecule has 0 aliphatic heterocycles. The number of hydrogen-bond donors (Lipinski definition) is 1. The fourth-order valence-corrected chi connectivity index (χ4v) is 2.92. The van der Waals surface area contributed by atoms with Gasteiger partial charge < -0.3 is 0 Å². The average molecular weight is 347 g/mol. The second kappa shape index (κ2) is 7.44. The van der Waals surface area contributed by atoms with E-state index in [2.05, 4.69) is 9.82 Å². The predicted octanol–water partition coefficient (Wildman–Crippen LogP) is 2.76. The maximum atomic E-state index is 12.3. The van der Waals surface area contributed by atoms with Crippen molar-refractivity contribution in [2.75, 3.05) is 0 Å². The Kier molecular flexibility index (Phi) is 5.56. The first-order chi connectivity index (χ1) is 11.3. The van der Waals surface area contributed by atoms with Crippen molar-refractivity contribution in [2.24, 2.45) is 0 Å². The van der Waals surface area contributed by atoms with Crippen molar-refractivity contribution >= 4 is 22.0 Å². The molecule has 1 aromatic heterocycles. The van der Waals surface area contributed by atoms with Crippen LogP contribution in [0.4, 0.5) is 0 Å². The van der Waals surface area contributed by atoms with Crippen LogP contribution in [-0.2, 0) is 16.6 Å². The summed E-state index contributed by atoms with van der Waals surface area (Å²) in [6.07, 6.45) is 3.01. The molecule has 6 nitrogen and oxygen atoms in total. The number of carbonyl (C=O) groups excluding carboxylic acids is 1. The fraction of sp³-hybridized carbons (Fsp3) is 0.294. The number of amides is 1. The molecule has 0 bridgehead atoms. The first kappa shape index (κ1) is 17.9. The van der Waals surface area contributed by atoms with Gasteiger partial charge in [0, 0.05) is 12.7 Å². The monoisotopic (exact) mass is 347 g/mol. The zero-order chi connectivity index (χ0) is 17.7. The Hall–Kier alpha value is -2.41. The van der Waals surface area contributed by atoms with Gasteiger partial charge in [-0.2, -0.15) is 5.10 Å². The second-order valence-electron chi connectivity index (χ2n) is 5.63. The summed E-state index contributed by atoms with van der Waals surface area (Å²) in [5.74, 6) is -0.655. The van der Waals surface area contributed by atoms with Crippen LogP contribution in [0, 0.1) is 0 Å². The normalized spacial score (nSPS) is 12.0. The Labute approximate surface area is 142 Å². The largest absolute Gasteiger partial charge is 0.272 e. The molecular formula is C17H21N3O3S. The average Bonchev–Trinajstić information content (AvgIpc) is 2.98. The van der Waals surface area contributed by atoms with Gasteiger partial charge in [-0.25, -0.2) is 13.1 Å². The number of aromatic nitrogens is 2. The number of hydrogen-bond acceptors (Lipinski definition) is 4. The van der Waals surface area contributed by atoms with E-state index in [4.69, 9.17) is 0 Å². The SMILES string of the molecule is CCn1cc(C(=O)NS(=O)(=O)C=Cc2ccccc2)c(C(C)C)n1. The highest BCUT2D eigenvalue weighted by Gasteiger charge is 2.21. The van der Waals surface area contributed by atoms with E-state index in [1.54, 1.807) is 35.1 Å². The minimum atomic E-state index is -3.88. The highest BCUT2D eigenvalue weighted by atomic mass is 32.2. The molecule has 0 fully saturated rings. The van der Waals surface area contributed by atoms with Crippen molar-refractivity contribution in [1.82, 2.24) is 14.5 Å². The van der Waals surface area contributed by atoms with Gasteiger partial charge in [0.15, 0.2) is 0 Å². The van der Waals surface area contributed by atoms with Gasteiger partial charge in [0.2, 0.25) is 0 Å². The lowest BCUT2D eigenvalue weighted by Gasteiger charge is -2.05. The first-order valence-corrected chi connectivity index (χ1v) is 9.24. The zero-order valence-electron chi connectivity index (χ0n) is 13.9. The van der Waals surface area contributed by atoms with Gasteiger partial charge in [0.05, 0.1) is 16.7 Å². The van der Waals surface area contributed by atoms with Crippen LogP contribution in [-0.4, -0.2) is 24.1 Å². The molecule has 0 saturated carbocycles. The van der Waals surface area contributed by atoms with Crippen LogP contribution >= 0.6 is 0 Å². The Bertz CT molecular complexity index is 837. The number of rotatable bonds is 6. The summed E-state index contributed by atoms with van der Waals surface area (Å²) >= 11 is 0. The second-order valence-corrected chi connectivity index (χ2v) is 7.19. The number of benzene rings is 1. The third-order valence-corrected chi connectivity index (χ3v) is 4.34. The minimum absolute atomic E-state index is 0.0149. The molecule has 1 heterocycles. The molecule has 0 spiro atoms. The van der Waals surface area contributed by atoms with Crippen LogP contribution in [0.3, 0.4) is 0 Å². The van der Waals surface area contributed by atoms with Crippen molar-refractivity contribution in [2.45, 2.75) is 33.2 Å². The molecule has 0 unspecified atom stereocenters. The summed E-state index contributed by atoms with van der Waals surface area (Å²) in [5.41, 5.74) is 1.59. The Morgan fingerprint density at radius 2 is 1.96 bits per heavy atom. The van der Waals surface area contributed by atoms with Crippen LogP contribution in [0.25, 0.3) is 6.08 Å². The molecule has 1 aromatic carbocycles. The van der Waals surface area contributed by atoms with E-state index in [9.17, 15) is 13.2 Å². The van der Waals surface area contributed by atoms with E-state index >= 15 is 0 Å². The van der Waals surface area contributed by atoms with Gasteiger partial charge in [0.1, 0.15) is 0 Å². The molecule has 1 amide bonds. The molecule has 0 aliphatic carbocycles. The lowest BCUT2D eigenvalue weighted by Crippen LogP contribution is -2.29. The summed E-state index contributed by atoms with van der Waals surface area (Å²) in [4.78, 5) is 12.3. The molecule has 0 radical (unpaired) electrons. The van der Waals surface area contributed by atoms with Gasteiger partial charge in [0.25, 0.3) is 15.9 Å². The quantitative estimate of drug-likeness (QED) is 0.871. The molecule has 1 N–H and O–H groups in total. The zero-order valence-corrected chi connectivity index (χ0v) is 14.7. The van der Waals surface area contributed by atoms with Gasteiger partial charge >= 0.3 is 0 Å². The van der Waals surface area contributed by atoms with E-state index in [0.717, 1.165) is 11.0 Å². The summed E-state index contributed by atoms with van der Waals surface area (Å²) in [5, 5.41) is 5.30. The predicted molar refractivity (Wildman–Crippen MR) is 93.9 cm³/mol.